The maximum atomic E-state index is 11.9. The lowest BCUT2D eigenvalue weighted by Crippen LogP contribution is -2.69. The highest BCUT2D eigenvalue weighted by Crippen LogP contribution is 2.38. The van der Waals surface area contributed by atoms with Crippen LogP contribution in [0.4, 0.5) is 0 Å². The zero-order valence-electron chi connectivity index (χ0n) is 9.22. The molecule has 3 N–H and O–H groups in total. The summed E-state index contributed by atoms with van der Waals surface area (Å²) in [4.78, 5) is 11.9. The number of hydrogen-bond acceptors (Lipinski definition) is 4. The van der Waals surface area contributed by atoms with Crippen LogP contribution in [-0.2, 0) is 9.53 Å². The van der Waals surface area contributed by atoms with Crippen molar-refractivity contribution in [2.75, 3.05) is 12.4 Å². The summed E-state index contributed by atoms with van der Waals surface area (Å²) in [5, 5.41) is 3.22. The van der Waals surface area contributed by atoms with E-state index in [1.807, 2.05) is 0 Å². The van der Waals surface area contributed by atoms with E-state index in [-0.39, 0.29) is 29.3 Å². The van der Waals surface area contributed by atoms with Gasteiger partial charge in [-0.3, -0.25) is 4.79 Å². The van der Waals surface area contributed by atoms with Crippen LogP contribution in [0, 0.1) is 5.92 Å². The molecule has 0 spiro atoms. The van der Waals surface area contributed by atoms with Gasteiger partial charge in [-0.2, -0.15) is 0 Å². The van der Waals surface area contributed by atoms with Crippen LogP contribution in [-0.4, -0.2) is 41.7 Å². The summed E-state index contributed by atoms with van der Waals surface area (Å²) in [7, 11) is 0. The average molecular weight is 242 g/mol. The van der Waals surface area contributed by atoms with Crippen molar-refractivity contribution in [3.05, 3.63) is 0 Å². The molecule has 0 aromatic heterocycles. The summed E-state index contributed by atoms with van der Waals surface area (Å²) < 4.78 is 5.60. The van der Waals surface area contributed by atoms with Crippen LogP contribution in [0.15, 0.2) is 0 Å². The van der Waals surface area contributed by atoms with Crippen LogP contribution < -0.4 is 11.1 Å². The number of thioether (sulfide) groups is 1. The Labute approximate surface area is 99.7 Å². The fourth-order valence-electron chi connectivity index (χ4n) is 2.97. The molecule has 4 nitrogen and oxygen atoms in total. The van der Waals surface area contributed by atoms with E-state index in [1.165, 1.54) is 0 Å². The van der Waals surface area contributed by atoms with Gasteiger partial charge in [0.05, 0.1) is 17.4 Å². The predicted octanol–water partition coefficient (Wildman–Crippen LogP) is 0.113. The van der Waals surface area contributed by atoms with E-state index in [0.29, 0.717) is 5.92 Å². The molecule has 0 aromatic rings. The second-order valence-corrected chi connectivity index (χ2v) is 6.21. The normalized spacial score (nSPS) is 46.2. The van der Waals surface area contributed by atoms with Crippen molar-refractivity contribution in [2.24, 2.45) is 11.7 Å². The SMILES string of the molecule is NC1C2CCOC2C1NC(=O)C1CCCS1. The smallest absolute Gasteiger partial charge is 0.233 e. The standard InChI is InChI=1S/C11H18N2O2S/c12-8-6-3-4-15-10(6)9(8)13-11(14)7-2-1-5-16-7/h6-10H,1-5,12H2,(H,13,14). The van der Waals surface area contributed by atoms with E-state index in [4.69, 9.17) is 10.5 Å². The van der Waals surface area contributed by atoms with Crippen LogP contribution in [0.2, 0.25) is 0 Å². The van der Waals surface area contributed by atoms with Crippen molar-refractivity contribution in [3.8, 4) is 0 Å². The van der Waals surface area contributed by atoms with Gasteiger partial charge in [0.1, 0.15) is 0 Å². The van der Waals surface area contributed by atoms with Crippen LogP contribution in [0.1, 0.15) is 19.3 Å². The molecule has 2 heterocycles. The lowest BCUT2D eigenvalue weighted by atomic mass is 9.72. The van der Waals surface area contributed by atoms with Gasteiger partial charge in [0, 0.05) is 18.6 Å². The summed E-state index contributed by atoms with van der Waals surface area (Å²) in [6.07, 6.45) is 3.40. The van der Waals surface area contributed by atoms with Gasteiger partial charge >= 0.3 is 0 Å². The van der Waals surface area contributed by atoms with Crippen LogP contribution in [0.25, 0.3) is 0 Å². The van der Waals surface area contributed by atoms with E-state index in [0.717, 1.165) is 31.6 Å². The molecule has 1 aliphatic carbocycles. The number of nitrogens with two attached hydrogens (primary N) is 1. The van der Waals surface area contributed by atoms with Crippen LogP contribution in [0.5, 0.6) is 0 Å². The van der Waals surface area contributed by atoms with E-state index in [2.05, 4.69) is 5.32 Å². The van der Waals surface area contributed by atoms with Crippen molar-refractivity contribution < 1.29 is 9.53 Å². The Morgan fingerprint density at radius 1 is 1.44 bits per heavy atom. The zero-order valence-corrected chi connectivity index (χ0v) is 10.0. The molecule has 0 aromatic carbocycles. The number of amides is 1. The molecule has 5 heteroatoms. The lowest BCUT2D eigenvalue weighted by molar-refractivity contribution is -0.125. The molecule has 3 aliphatic rings. The highest BCUT2D eigenvalue weighted by atomic mass is 32.2. The predicted molar refractivity (Wildman–Crippen MR) is 63.2 cm³/mol. The van der Waals surface area contributed by atoms with Crippen molar-refractivity contribution in [2.45, 2.75) is 42.7 Å². The minimum absolute atomic E-state index is 0.0567. The maximum absolute atomic E-state index is 11.9. The Kier molecular flexibility index (Phi) is 2.85. The Balaban J connectivity index is 1.56. The number of hydrogen-bond donors (Lipinski definition) is 2. The monoisotopic (exact) mass is 242 g/mol. The molecule has 1 amide bonds. The van der Waals surface area contributed by atoms with Crippen molar-refractivity contribution >= 4 is 17.7 Å². The zero-order chi connectivity index (χ0) is 11.1. The number of ether oxygens (including phenoxy) is 1. The van der Waals surface area contributed by atoms with Gasteiger partial charge in [-0.15, -0.1) is 11.8 Å². The average Bonchev–Trinajstić information content (AvgIpc) is 2.94. The van der Waals surface area contributed by atoms with Crippen molar-refractivity contribution in [1.29, 1.82) is 0 Å². The molecule has 90 valence electrons. The van der Waals surface area contributed by atoms with Gasteiger partial charge in [0.25, 0.3) is 0 Å². The van der Waals surface area contributed by atoms with E-state index in [9.17, 15) is 4.79 Å². The molecular formula is C11H18N2O2S. The van der Waals surface area contributed by atoms with Gasteiger partial charge in [-0.25, -0.2) is 0 Å². The Morgan fingerprint density at radius 3 is 3.06 bits per heavy atom. The summed E-state index contributed by atoms with van der Waals surface area (Å²) in [6.45, 7) is 0.799. The molecular weight excluding hydrogens is 224 g/mol. The molecule has 5 atom stereocenters. The van der Waals surface area contributed by atoms with Crippen molar-refractivity contribution in [1.82, 2.24) is 5.32 Å². The number of nitrogens with one attached hydrogen (secondary N) is 1. The minimum atomic E-state index is 0.0567. The van der Waals surface area contributed by atoms with E-state index in [1.54, 1.807) is 11.8 Å². The topological polar surface area (TPSA) is 64.3 Å². The van der Waals surface area contributed by atoms with Gasteiger partial charge in [0.15, 0.2) is 0 Å². The second-order valence-electron chi connectivity index (χ2n) is 4.90. The molecule has 0 radical (unpaired) electrons. The third-order valence-electron chi connectivity index (χ3n) is 3.98. The van der Waals surface area contributed by atoms with Crippen LogP contribution >= 0.6 is 11.8 Å². The number of carbonyl (C=O) groups is 1. The number of rotatable bonds is 2. The second kappa shape index (κ2) is 4.20. The summed E-state index contributed by atoms with van der Waals surface area (Å²) in [6, 6.07) is 0.157. The van der Waals surface area contributed by atoms with Crippen LogP contribution in [0.3, 0.4) is 0 Å². The Bertz CT molecular complexity index is 294. The molecule has 3 rings (SSSR count). The first-order valence-electron chi connectivity index (χ1n) is 6.06. The van der Waals surface area contributed by atoms with Gasteiger partial charge in [-0.1, -0.05) is 0 Å². The van der Waals surface area contributed by atoms with E-state index < -0.39 is 0 Å². The third-order valence-corrected chi connectivity index (χ3v) is 5.35. The Morgan fingerprint density at radius 2 is 2.31 bits per heavy atom. The molecule has 2 saturated heterocycles. The van der Waals surface area contributed by atoms with E-state index >= 15 is 0 Å². The maximum Gasteiger partial charge on any atom is 0.233 e. The summed E-state index contributed by atoms with van der Waals surface area (Å²) in [5.41, 5.74) is 6.05. The third kappa shape index (κ3) is 1.65. The fraction of sp³-hybridized carbons (Fsp3) is 0.909. The fourth-order valence-corrected chi connectivity index (χ4v) is 4.14. The first-order valence-corrected chi connectivity index (χ1v) is 7.11. The first-order chi connectivity index (χ1) is 7.77. The molecule has 5 unspecified atom stereocenters. The quantitative estimate of drug-likeness (QED) is 0.721. The molecule has 2 aliphatic heterocycles. The summed E-state index contributed by atoms with van der Waals surface area (Å²) >= 11 is 1.76. The highest BCUT2D eigenvalue weighted by Gasteiger charge is 2.53. The van der Waals surface area contributed by atoms with Gasteiger partial charge in [0.2, 0.25) is 5.91 Å². The largest absolute Gasteiger partial charge is 0.376 e. The number of fused-ring (bicyclic) bond motifs is 1. The lowest BCUT2D eigenvalue weighted by Gasteiger charge is -2.45. The molecule has 1 saturated carbocycles. The first kappa shape index (κ1) is 10.9. The Hall–Kier alpha value is -0.260. The summed E-state index contributed by atoms with van der Waals surface area (Å²) in [5.74, 6) is 1.75. The molecule has 3 fully saturated rings. The van der Waals surface area contributed by atoms with Crippen molar-refractivity contribution in [3.63, 3.8) is 0 Å². The molecule has 16 heavy (non-hydrogen) atoms. The number of carbonyl (C=O) groups excluding carboxylic acids is 1. The van der Waals surface area contributed by atoms with Gasteiger partial charge in [-0.05, 0) is 25.0 Å². The molecule has 0 bridgehead atoms. The highest BCUT2D eigenvalue weighted by molar-refractivity contribution is 8.00. The minimum Gasteiger partial charge on any atom is -0.376 e. The van der Waals surface area contributed by atoms with Gasteiger partial charge < -0.3 is 15.8 Å².